The monoisotopic (exact) mass is 313 g/mol. The predicted molar refractivity (Wildman–Crippen MR) is 85.4 cm³/mol. The third-order valence-electron chi connectivity index (χ3n) is 4.20. The summed E-state index contributed by atoms with van der Waals surface area (Å²) in [4.78, 5) is 26.5. The van der Waals surface area contributed by atoms with E-state index in [9.17, 15) is 9.59 Å². The molecule has 0 radical (unpaired) electrons. The number of fused-ring (bicyclic) bond motifs is 1. The first-order valence-corrected chi connectivity index (χ1v) is 7.64. The van der Waals surface area contributed by atoms with Gasteiger partial charge in [-0.2, -0.15) is 5.10 Å². The Bertz CT molecular complexity index is 725. The molecule has 1 aliphatic rings. The Kier molecular flexibility index (Phi) is 4.14. The molecular formula is C17H19N3O3. The Hall–Kier alpha value is -2.63. The minimum absolute atomic E-state index is 0.0309. The highest BCUT2D eigenvalue weighted by atomic mass is 16.5. The smallest absolute Gasteiger partial charge is 0.338 e. The van der Waals surface area contributed by atoms with Crippen molar-refractivity contribution in [3.8, 4) is 0 Å². The van der Waals surface area contributed by atoms with E-state index in [-0.39, 0.29) is 11.9 Å². The van der Waals surface area contributed by atoms with E-state index >= 15 is 0 Å². The minimum Gasteiger partial charge on any atom is -0.465 e. The molecule has 6 nitrogen and oxygen atoms in total. The van der Waals surface area contributed by atoms with E-state index in [2.05, 4.69) is 5.10 Å². The average molecular weight is 313 g/mol. The van der Waals surface area contributed by atoms with Crippen LogP contribution in [0.2, 0.25) is 0 Å². The molecular weight excluding hydrogens is 294 g/mol. The van der Waals surface area contributed by atoms with E-state index in [4.69, 9.17) is 4.74 Å². The van der Waals surface area contributed by atoms with Crippen molar-refractivity contribution in [1.29, 1.82) is 0 Å². The summed E-state index contributed by atoms with van der Waals surface area (Å²) < 4.78 is 6.49. The summed E-state index contributed by atoms with van der Waals surface area (Å²) in [7, 11) is 1.37. The van der Waals surface area contributed by atoms with Gasteiger partial charge < -0.3 is 9.64 Å². The van der Waals surface area contributed by atoms with Crippen molar-refractivity contribution in [1.82, 2.24) is 9.78 Å². The fraction of sp³-hybridized carbons (Fsp3) is 0.353. The first-order chi connectivity index (χ1) is 11.1. The van der Waals surface area contributed by atoms with Gasteiger partial charge in [0.05, 0.1) is 12.7 Å². The Morgan fingerprint density at radius 2 is 2.13 bits per heavy atom. The van der Waals surface area contributed by atoms with Crippen molar-refractivity contribution in [2.75, 3.05) is 18.6 Å². The molecule has 0 N–H and O–H groups in total. The Labute approximate surface area is 134 Å². The number of carbonyl (C=O) groups is 2. The quantitative estimate of drug-likeness (QED) is 0.815. The number of rotatable bonds is 3. The van der Waals surface area contributed by atoms with Crippen LogP contribution in [0.25, 0.3) is 0 Å². The molecule has 2 aromatic rings. The molecule has 1 amide bonds. The van der Waals surface area contributed by atoms with Crippen molar-refractivity contribution in [3.05, 3.63) is 47.8 Å². The van der Waals surface area contributed by atoms with Gasteiger partial charge in [-0.05, 0) is 43.5 Å². The number of carbonyl (C=O) groups excluding carboxylic acids is 2. The number of hydrogen-bond donors (Lipinski definition) is 0. The Morgan fingerprint density at radius 3 is 2.83 bits per heavy atom. The fourth-order valence-electron chi connectivity index (χ4n) is 3.00. The topological polar surface area (TPSA) is 64.4 Å². The summed E-state index contributed by atoms with van der Waals surface area (Å²) in [6.45, 7) is 2.47. The lowest BCUT2D eigenvalue weighted by Gasteiger charge is -2.32. The minimum atomic E-state index is -0.391. The van der Waals surface area contributed by atoms with Crippen molar-refractivity contribution >= 4 is 17.6 Å². The van der Waals surface area contributed by atoms with Crippen LogP contribution in [0.4, 0.5) is 5.69 Å². The van der Waals surface area contributed by atoms with Crippen LogP contribution in [-0.2, 0) is 16.0 Å². The lowest BCUT2D eigenvalue weighted by atomic mass is 9.95. The molecule has 0 spiro atoms. The summed E-state index contributed by atoms with van der Waals surface area (Å²) in [5, 5.41) is 4.14. The molecule has 1 atom stereocenters. The van der Waals surface area contributed by atoms with E-state index in [1.807, 2.05) is 13.0 Å². The highest BCUT2D eigenvalue weighted by Crippen LogP contribution is 2.31. The number of hydrogen-bond acceptors (Lipinski definition) is 4. The van der Waals surface area contributed by atoms with Gasteiger partial charge in [0.25, 0.3) is 5.91 Å². The van der Waals surface area contributed by atoms with Crippen LogP contribution < -0.4 is 4.90 Å². The highest BCUT2D eigenvalue weighted by molar-refractivity contribution is 6.00. The van der Waals surface area contributed by atoms with Crippen LogP contribution in [-0.4, -0.2) is 35.3 Å². The maximum absolute atomic E-state index is 12.9. The number of methoxy groups -OCH3 is 1. The summed E-state index contributed by atoms with van der Waals surface area (Å²) in [5.41, 5.74) is 2.21. The van der Waals surface area contributed by atoms with Gasteiger partial charge in [-0.15, -0.1) is 0 Å². The van der Waals surface area contributed by atoms with Gasteiger partial charge in [-0.3, -0.25) is 9.48 Å². The molecule has 6 heteroatoms. The number of ether oxygens (including phenoxy) is 1. The number of esters is 1. The molecule has 0 saturated carbocycles. The molecule has 1 aromatic heterocycles. The maximum atomic E-state index is 12.9. The van der Waals surface area contributed by atoms with Crippen LogP contribution in [0.3, 0.4) is 0 Å². The van der Waals surface area contributed by atoms with E-state index in [0.29, 0.717) is 12.1 Å². The van der Waals surface area contributed by atoms with E-state index in [1.165, 1.54) is 7.11 Å². The molecule has 1 unspecified atom stereocenters. The molecule has 1 aliphatic heterocycles. The SMILES string of the molecule is COC(=O)c1cccc2c1CCCN2C(=O)C(C)n1cccn1. The van der Waals surface area contributed by atoms with Crippen molar-refractivity contribution in [2.45, 2.75) is 25.8 Å². The molecule has 3 rings (SSSR count). The highest BCUT2D eigenvalue weighted by Gasteiger charge is 2.29. The second-order valence-electron chi connectivity index (χ2n) is 5.55. The van der Waals surface area contributed by atoms with Crippen LogP contribution in [0, 0.1) is 0 Å². The number of nitrogens with zero attached hydrogens (tertiary/aromatic N) is 3. The van der Waals surface area contributed by atoms with Gasteiger partial charge in [-0.25, -0.2) is 4.79 Å². The summed E-state index contributed by atoms with van der Waals surface area (Å²) in [6.07, 6.45) is 5.01. The van der Waals surface area contributed by atoms with Crippen LogP contribution >= 0.6 is 0 Å². The lowest BCUT2D eigenvalue weighted by molar-refractivity contribution is -0.121. The first-order valence-electron chi connectivity index (χ1n) is 7.64. The number of amides is 1. The lowest BCUT2D eigenvalue weighted by Crippen LogP contribution is -2.40. The van der Waals surface area contributed by atoms with Gasteiger partial charge >= 0.3 is 5.97 Å². The zero-order valence-corrected chi connectivity index (χ0v) is 13.2. The van der Waals surface area contributed by atoms with Crippen molar-refractivity contribution in [3.63, 3.8) is 0 Å². The van der Waals surface area contributed by atoms with Crippen molar-refractivity contribution in [2.24, 2.45) is 0 Å². The summed E-state index contributed by atoms with van der Waals surface area (Å²) in [5.74, 6) is -0.395. The largest absolute Gasteiger partial charge is 0.465 e. The molecule has 0 saturated heterocycles. The van der Waals surface area contributed by atoms with Crippen molar-refractivity contribution < 1.29 is 14.3 Å². The maximum Gasteiger partial charge on any atom is 0.338 e. The Morgan fingerprint density at radius 1 is 1.30 bits per heavy atom. The number of benzene rings is 1. The average Bonchev–Trinajstić information content (AvgIpc) is 3.13. The van der Waals surface area contributed by atoms with Gasteiger partial charge in [0.2, 0.25) is 0 Å². The van der Waals surface area contributed by atoms with E-state index in [1.54, 1.807) is 40.2 Å². The molecule has 120 valence electrons. The molecule has 2 heterocycles. The number of anilines is 1. The van der Waals surface area contributed by atoms with E-state index < -0.39 is 6.04 Å². The fourth-order valence-corrected chi connectivity index (χ4v) is 3.00. The molecule has 0 aliphatic carbocycles. The molecule has 0 bridgehead atoms. The number of aromatic nitrogens is 2. The second kappa shape index (κ2) is 6.24. The summed E-state index contributed by atoms with van der Waals surface area (Å²) >= 11 is 0. The third-order valence-corrected chi connectivity index (χ3v) is 4.20. The Balaban J connectivity index is 1.96. The first kappa shape index (κ1) is 15.3. The van der Waals surface area contributed by atoms with Crippen LogP contribution in [0.5, 0.6) is 0 Å². The van der Waals surface area contributed by atoms with Gasteiger partial charge in [0, 0.05) is 24.6 Å². The van der Waals surface area contributed by atoms with Gasteiger partial charge in [0.15, 0.2) is 0 Å². The standard InChI is InChI=1S/C17H19N3O3/c1-12(20-11-5-9-18-20)16(21)19-10-4-7-13-14(17(22)23-2)6-3-8-15(13)19/h3,5-6,8-9,11-12H,4,7,10H2,1-2H3. The van der Waals surface area contributed by atoms with E-state index in [0.717, 1.165) is 24.1 Å². The van der Waals surface area contributed by atoms with Gasteiger partial charge in [0.1, 0.15) is 6.04 Å². The zero-order valence-electron chi connectivity index (χ0n) is 13.2. The summed E-state index contributed by atoms with van der Waals surface area (Å²) in [6, 6.07) is 6.82. The van der Waals surface area contributed by atoms with Crippen LogP contribution in [0.1, 0.15) is 35.3 Å². The molecule has 23 heavy (non-hydrogen) atoms. The zero-order chi connectivity index (χ0) is 16.4. The molecule has 0 fully saturated rings. The second-order valence-corrected chi connectivity index (χ2v) is 5.55. The molecule has 1 aromatic carbocycles. The normalized spacial score (nSPS) is 15.0. The third kappa shape index (κ3) is 2.72. The predicted octanol–water partition coefficient (Wildman–Crippen LogP) is 2.21. The van der Waals surface area contributed by atoms with Crippen LogP contribution in [0.15, 0.2) is 36.7 Å². The van der Waals surface area contributed by atoms with Gasteiger partial charge in [-0.1, -0.05) is 6.07 Å².